The maximum absolute atomic E-state index is 12.7. The van der Waals surface area contributed by atoms with Gasteiger partial charge in [-0.3, -0.25) is 4.79 Å². The molecule has 3 heterocycles. The van der Waals surface area contributed by atoms with Crippen molar-refractivity contribution in [3.05, 3.63) is 17.0 Å². The zero-order chi connectivity index (χ0) is 17.7. The van der Waals surface area contributed by atoms with Crippen molar-refractivity contribution in [2.24, 2.45) is 5.41 Å². The van der Waals surface area contributed by atoms with E-state index in [9.17, 15) is 4.79 Å². The van der Waals surface area contributed by atoms with Crippen LogP contribution in [0.4, 0.5) is 5.95 Å². The Hall–Kier alpha value is -1.69. The molecule has 132 valence electrons. The number of nitrogens with zero attached hydrogens (tertiary/aromatic N) is 4. The van der Waals surface area contributed by atoms with E-state index in [0.29, 0.717) is 19.8 Å². The largest absolute Gasteiger partial charge is 0.376 e. The fourth-order valence-electron chi connectivity index (χ4n) is 3.64. The number of ether oxygens (including phenoxy) is 1. The van der Waals surface area contributed by atoms with E-state index in [1.54, 1.807) is 0 Å². The molecule has 1 fully saturated rings. The van der Waals surface area contributed by atoms with Crippen LogP contribution in [0.15, 0.2) is 0 Å². The van der Waals surface area contributed by atoms with Gasteiger partial charge in [-0.05, 0) is 13.3 Å². The Balaban J connectivity index is 1.99. The molecular formula is C18H28N4O2. The monoisotopic (exact) mass is 332 g/mol. The van der Waals surface area contributed by atoms with Crippen LogP contribution < -0.4 is 4.90 Å². The molecule has 0 unspecified atom stereocenters. The topological polar surface area (TPSA) is 58.6 Å². The van der Waals surface area contributed by atoms with Crippen LogP contribution in [0.2, 0.25) is 0 Å². The third-order valence-electron chi connectivity index (χ3n) is 5.01. The van der Waals surface area contributed by atoms with Crippen LogP contribution in [-0.2, 0) is 21.6 Å². The van der Waals surface area contributed by atoms with E-state index < -0.39 is 0 Å². The molecule has 0 N–H and O–H groups in total. The third-order valence-corrected chi connectivity index (χ3v) is 5.01. The number of carbonyl (C=O) groups excluding carboxylic acids is 1. The normalized spacial score (nSPS) is 23.5. The van der Waals surface area contributed by atoms with Crippen molar-refractivity contribution >= 4 is 11.9 Å². The Morgan fingerprint density at radius 2 is 2.00 bits per heavy atom. The summed E-state index contributed by atoms with van der Waals surface area (Å²) in [5.74, 6) is 0.929. The quantitative estimate of drug-likeness (QED) is 0.786. The first-order valence-corrected chi connectivity index (χ1v) is 8.56. The van der Waals surface area contributed by atoms with Gasteiger partial charge in [0, 0.05) is 43.9 Å². The van der Waals surface area contributed by atoms with Gasteiger partial charge >= 0.3 is 0 Å². The summed E-state index contributed by atoms with van der Waals surface area (Å²) in [7, 11) is 3.91. The fraction of sp³-hybridized carbons (Fsp3) is 0.722. The van der Waals surface area contributed by atoms with Gasteiger partial charge in [0.25, 0.3) is 0 Å². The Morgan fingerprint density at radius 1 is 1.29 bits per heavy atom. The highest BCUT2D eigenvalue weighted by molar-refractivity contribution is 5.82. The number of hydrogen-bond acceptors (Lipinski definition) is 5. The van der Waals surface area contributed by atoms with Gasteiger partial charge in [-0.2, -0.15) is 0 Å². The number of hydrogen-bond donors (Lipinski definition) is 0. The minimum Gasteiger partial charge on any atom is -0.376 e. The summed E-state index contributed by atoms with van der Waals surface area (Å²) >= 11 is 0. The fourth-order valence-corrected chi connectivity index (χ4v) is 3.64. The average molecular weight is 332 g/mol. The zero-order valence-corrected chi connectivity index (χ0v) is 15.6. The van der Waals surface area contributed by atoms with Crippen LogP contribution in [0.5, 0.6) is 0 Å². The number of anilines is 1. The minimum atomic E-state index is -0.361. The predicted molar refractivity (Wildman–Crippen MR) is 93.1 cm³/mol. The molecule has 0 radical (unpaired) electrons. The van der Waals surface area contributed by atoms with Crippen LogP contribution in [0.1, 0.15) is 44.1 Å². The second kappa shape index (κ2) is 5.69. The third kappa shape index (κ3) is 2.77. The molecule has 24 heavy (non-hydrogen) atoms. The molecule has 1 spiro atoms. The number of aromatic nitrogens is 2. The zero-order valence-electron chi connectivity index (χ0n) is 15.6. The van der Waals surface area contributed by atoms with Gasteiger partial charge in [-0.1, -0.05) is 20.8 Å². The summed E-state index contributed by atoms with van der Waals surface area (Å²) in [5.41, 5.74) is 2.59. The predicted octanol–water partition coefficient (Wildman–Crippen LogP) is 1.90. The van der Waals surface area contributed by atoms with Crippen LogP contribution in [0.3, 0.4) is 0 Å². The van der Waals surface area contributed by atoms with E-state index in [2.05, 4.69) is 4.98 Å². The smallest absolute Gasteiger partial charge is 0.227 e. The van der Waals surface area contributed by atoms with Gasteiger partial charge in [0.15, 0.2) is 0 Å². The first kappa shape index (κ1) is 17.1. The summed E-state index contributed by atoms with van der Waals surface area (Å²) < 4.78 is 5.90. The van der Waals surface area contributed by atoms with Crippen molar-refractivity contribution in [2.75, 3.05) is 38.7 Å². The van der Waals surface area contributed by atoms with E-state index in [1.807, 2.05) is 51.6 Å². The number of likely N-dealkylation sites (tertiary alicyclic amines) is 1. The molecule has 3 rings (SSSR count). The van der Waals surface area contributed by atoms with Crippen LogP contribution in [0, 0.1) is 12.3 Å². The van der Waals surface area contributed by atoms with E-state index in [0.717, 1.165) is 35.9 Å². The lowest BCUT2D eigenvalue weighted by Crippen LogP contribution is -2.44. The van der Waals surface area contributed by atoms with Crippen LogP contribution in [0.25, 0.3) is 0 Å². The molecule has 1 saturated heterocycles. The molecule has 0 saturated carbocycles. The van der Waals surface area contributed by atoms with Gasteiger partial charge in [0.1, 0.15) is 0 Å². The van der Waals surface area contributed by atoms with Crippen molar-refractivity contribution in [3.63, 3.8) is 0 Å². The number of aryl methyl sites for hydroxylation is 1. The van der Waals surface area contributed by atoms with Crippen molar-refractivity contribution in [1.82, 2.24) is 14.9 Å². The van der Waals surface area contributed by atoms with Gasteiger partial charge in [-0.25, -0.2) is 9.97 Å². The van der Waals surface area contributed by atoms with Gasteiger partial charge in [0.05, 0.1) is 24.3 Å². The maximum Gasteiger partial charge on any atom is 0.227 e. The molecular weight excluding hydrogens is 304 g/mol. The van der Waals surface area contributed by atoms with Gasteiger partial charge in [0.2, 0.25) is 11.9 Å². The highest BCUT2D eigenvalue weighted by atomic mass is 16.5. The summed E-state index contributed by atoms with van der Waals surface area (Å²) in [6, 6.07) is 0. The van der Waals surface area contributed by atoms with Crippen molar-refractivity contribution < 1.29 is 9.53 Å². The van der Waals surface area contributed by atoms with Crippen molar-refractivity contribution in [2.45, 2.75) is 46.1 Å². The highest BCUT2D eigenvalue weighted by Crippen LogP contribution is 2.41. The molecule has 6 nitrogen and oxygen atoms in total. The standard InChI is InChI=1S/C18H28N4O2/c1-12-13-9-24-11-18(14(13)20-16(19-12)21(5)6)7-8-22(10-18)15(23)17(2,3)4/h7-11H2,1-6H3/t18-/m0/s1. The molecule has 6 heteroatoms. The summed E-state index contributed by atoms with van der Waals surface area (Å²) in [6.07, 6.45) is 0.894. The SMILES string of the molecule is Cc1nc(N(C)C)nc2c1COC[C@@]21CCN(C(=O)C(C)(C)C)C1. The number of fused-ring (bicyclic) bond motifs is 2. The molecule has 1 aromatic rings. The molecule has 1 atom stereocenters. The summed E-state index contributed by atoms with van der Waals surface area (Å²) in [5, 5.41) is 0. The number of rotatable bonds is 1. The van der Waals surface area contributed by atoms with E-state index in [1.165, 1.54) is 0 Å². The maximum atomic E-state index is 12.7. The molecule has 1 aromatic heterocycles. The second-order valence-electron chi connectivity index (χ2n) is 8.33. The van der Waals surface area contributed by atoms with E-state index in [4.69, 9.17) is 9.72 Å². The Kier molecular flexibility index (Phi) is 4.06. The first-order valence-electron chi connectivity index (χ1n) is 8.56. The van der Waals surface area contributed by atoms with Crippen molar-refractivity contribution in [1.29, 1.82) is 0 Å². The number of amides is 1. The minimum absolute atomic E-state index is 0.199. The van der Waals surface area contributed by atoms with E-state index >= 15 is 0 Å². The van der Waals surface area contributed by atoms with Crippen LogP contribution >= 0.6 is 0 Å². The highest BCUT2D eigenvalue weighted by Gasteiger charge is 2.48. The second-order valence-corrected chi connectivity index (χ2v) is 8.33. The first-order chi connectivity index (χ1) is 11.1. The lowest BCUT2D eigenvalue weighted by atomic mass is 9.80. The van der Waals surface area contributed by atoms with Gasteiger partial charge < -0.3 is 14.5 Å². The lowest BCUT2D eigenvalue weighted by Gasteiger charge is -2.36. The Morgan fingerprint density at radius 3 is 2.62 bits per heavy atom. The Bertz CT molecular complexity index is 666. The molecule has 0 aliphatic carbocycles. The number of carbonyl (C=O) groups is 1. The van der Waals surface area contributed by atoms with Crippen molar-refractivity contribution in [3.8, 4) is 0 Å². The van der Waals surface area contributed by atoms with E-state index in [-0.39, 0.29) is 16.7 Å². The van der Waals surface area contributed by atoms with Crippen LogP contribution in [-0.4, -0.2) is 54.6 Å². The molecule has 0 aromatic carbocycles. The lowest BCUT2D eigenvalue weighted by molar-refractivity contribution is -0.138. The summed E-state index contributed by atoms with van der Waals surface area (Å²) in [6.45, 7) is 10.6. The molecule has 0 bridgehead atoms. The molecule has 2 aliphatic rings. The molecule has 1 amide bonds. The summed E-state index contributed by atoms with van der Waals surface area (Å²) in [4.78, 5) is 26.1. The molecule has 2 aliphatic heterocycles. The Labute approximate surface area is 144 Å². The average Bonchev–Trinajstić information content (AvgIpc) is 2.91. The van der Waals surface area contributed by atoms with Gasteiger partial charge in [-0.15, -0.1) is 0 Å².